The highest BCUT2D eigenvalue weighted by atomic mass is 32.2. The van der Waals surface area contributed by atoms with Crippen molar-refractivity contribution in [3.8, 4) is 0 Å². The van der Waals surface area contributed by atoms with Crippen molar-refractivity contribution in [1.82, 2.24) is 0 Å². The highest BCUT2D eigenvalue weighted by Gasteiger charge is 2.33. The van der Waals surface area contributed by atoms with Crippen LogP contribution < -0.4 is 0 Å². The molecule has 3 nitrogen and oxygen atoms in total. The third kappa shape index (κ3) is 3.52. The molecule has 2 aromatic rings. The number of aliphatic hydroxyl groups excluding tert-OH is 1. The minimum Gasteiger partial charge on any atom is -0.387 e. The van der Waals surface area contributed by atoms with Gasteiger partial charge in [0.25, 0.3) is 0 Å². The van der Waals surface area contributed by atoms with Crippen LogP contribution in [-0.2, 0) is 9.84 Å². The summed E-state index contributed by atoms with van der Waals surface area (Å²) in [5.74, 6) is 0. The lowest BCUT2D eigenvalue weighted by atomic mass is 10.0. The van der Waals surface area contributed by atoms with E-state index in [1.807, 2.05) is 13.0 Å². The van der Waals surface area contributed by atoms with Gasteiger partial charge in [-0.05, 0) is 24.1 Å². The van der Waals surface area contributed by atoms with Gasteiger partial charge in [0.2, 0.25) is 0 Å². The fourth-order valence-electron chi connectivity index (χ4n) is 2.42. The normalized spacial score (nSPS) is 14.6. The molecule has 0 unspecified atom stereocenters. The quantitative estimate of drug-likeness (QED) is 0.890. The zero-order valence-electron chi connectivity index (χ0n) is 12.0. The Morgan fingerprint density at radius 1 is 0.952 bits per heavy atom. The van der Waals surface area contributed by atoms with E-state index in [-0.39, 0.29) is 4.90 Å². The van der Waals surface area contributed by atoms with Crippen LogP contribution in [0.5, 0.6) is 0 Å². The van der Waals surface area contributed by atoms with Gasteiger partial charge < -0.3 is 5.11 Å². The molecule has 0 aliphatic heterocycles. The Bertz CT molecular complexity index is 651. The number of sulfone groups is 1. The third-order valence-electron chi connectivity index (χ3n) is 3.54. The van der Waals surface area contributed by atoms with Gasteiger partial charge in [-0.2, -0.15) is 0 Å². The fraction of sp³-hybridized carbons (Fsp3) is 0.294. The summed E-state index contributed by atoms with van der Waals surface area (Å²) in [5, 5.41) is 9.70. The zero-order valence-corrected chi connectivity index (χ0v) is 12.8. The number of rotatable bonds is 6. The summed E-state index contributed by atoms with van der Waals surface area (Å²) >= 11 is 0. The highest BCUT2D eigenvalue weighted by Crippen LogP contribution is 2.30. The molecule has 0 fully saturated rings. The Hall–Kier alpha value is -1.65. The molecule has 112 valence electrons. The van der Waals surface area contributed by atoms with Gasteiger partial charge in [-0.15, -0.1) is 0 Å². The second-order valence-corrected chi connectivity index (χ2v) is 7.21. The van der Waals surface area contributed by atoms with Crippen LogP contribution in [-0.4, -0.2) is 18.8 Å². The summed E-state index contributed by atoms with van der Waals surface area (Å²) in [4.78, 5) is 0.262. The Kier molecular flexibility index (Phi) is 5.15. The molecule has 1 N–H and O–H groups in total. The first-order valence-electron chi connectivity index (χ1n) is 7.09. The first-order chi connectivity index (χ1) is 10.1. The lowest BCUT2D eigenvalue weighted by Crippen LogP contribution is -2.28. The van der Waals surface area contributed by atoms with Gasteiger partial charge in [0, 0.05) is 0 Å². The summed E-state index contributed by atoms with van der Waals surface area (Å²) in [5.41, 5.74) is 0.635. The molecule has 0 heterocycles. The molecule has 0 aliphatic rings. The number of aliphatic hydroxyl groups is 1. The maximum atomic E-state index is 12.8. The van der Waals surface area contributed by atoms with Crippen molar-refractivity contribution < 1.29 is 13.5 Å². The molecule has 0 radical (unpaired) electrons. The highest BCUT2D eigenvalue weighted by molar-refractivity contribution is 7.92. The lowest BCUT2D eigenvalue weighted by Gasteiger charge is -2.23. The molecule has 0 saturated heterocycles. The van der Waals surface area contributed by atoms with E-state index in [2.05, 4.69) is 0 Å². The number of hydrogen-bond acceptors (Lipinski definition) is 3. The fourth-order valence-corrected chi connectivity index (χ4v) is 4.35. The first kappa shape index (κ1) is 15.7. The first-order valence-corrected chi connectivity index (χ1v) is 8.64. The third-order valence-corrected chi connectivity index (χ3v) is 5.76. The van der Waals surface area contributed by atoms with Crippen LogP contribution in [0.15, 0.2) is 65.6 Å². The summed E-state index contributed by atoms with van der Waals surface area (Å²) in [7, 11) is -3.56. The molecular formula is C17H20O3S. The summed E-state index contributed by atoms with van der Waals surface area (Å²) in [6.45, 7) is 1.92. The van der Waals surface area contributed by atoms with Crippen LogP contribution in [0.2, 0.25) is 0 Å². The van der Waals surface area contributed by atoms with Gasteiger partial charge in [-0.1, -0.05) is 61.9 Å². The van der Waals surface area contributed by atoms with E-state index in [9.17, 15) is 13.5 Å². The monoisotopic (exact) mass is 304 g/mol. The van der Waals surface area contributed by atoms with Crippen LogP contribution >= 0.6 is 0 Å². The average molecular weight is 304 g/mol. The van der Waals surface area contributed by atoms with E-state index < -0.39 is 21.2 Å². The Balaban J connectivity index is 2.39. The molecule has 2 aromatic carbocycles. The summed E-state index contributed by atoms with van der Waals surface area (Å²) in [6.07, 6.45) is 0.102. The smallest absolute Gasteiger partial charge is 0.184 e. The van der Waals surface area contributed by atoms with Crippen LogP contribution in [0, 0.1) is 0 Å². The van der Waals surface area contributed by atoms with E-state index in [4.69, 9.17) is 0 Å². The molecule has 0 aromatic heterocycles. The van der Waals surface area contributed by atoms with Crippen molar-refractivity contribution in [2.45, 2.75) is 36.0 Å². The van der Waals surface area contributed by atoms with Gasteiger partial charge >= 0.3 is 0 Å². The average Bonchev–Trinajstić information content (AvgIpc) is 2.53. The lowest BCUT2D eigenvalue weighted by molar-refractivity contribution is 0.167. The summed E-state index contributed by atoms with van der Waals surface area (Å²) < 4.78 is 25.6. The topological polar surface area (TPSA) is 54.4 Å². The molecule has 0 spiro atoms. The second-order valence-electron chi connectivity index (χ2n) is 5.04. The standard InChI is InChI=1S/C17H20O3S/c1-2-9-16(17(18)14-10-5-3-6-11-14)21(19,20)15-12-7-4-8-13-15/h3-8,10-13,16-18H,2,9H2,1H3/t16-,17+/m1/s1. The van der Waals surface area contributed by atoms with E-state index in [1.165, 1.54) is 0 Å². The van der Waals surface area contributed by atoms with Crippen molar-refractivity contribution >= 4 is 9.84 Å². The van der Waals surface area contributed by atoms with E-state index in [0.29, 0.717) is 18.4 Å². The largest absolute Gasteiger partial charge is 0.387 e. The predicted octanol–water partition coefficient (Wildman–Crippen LogP) is 3.36. The SMILES string of the molecule is CCC[C@H]([C@@H](O)c1ccccc1)S(=O)(=O)c1ccccc1. The van der Waals surface area contributed by atoms with Crippen LogP contribution in [0.3, 0.4) is 0 Å². The Labute approximate surface area is 126 Å². The van der Waals surface area contributed by atoms with Crippen LogP contribution in [0.25, 0.3) is 0 Å². The van der Waals surface area contributed by atoms with E-state index >= 15 is 0 Å². The van der Waals surface area contributed by atoms with E-state index in [1.54, 1.807) is 54.6 Å². The molecule has 0 saturated carbocycles. The maximum absolute atomic E-state index is 12.8. The molecule has 2 atom stereocenters. The second kappa shape index (κ2) is 6.87. The van der Waals surface area contributed by atoms with Gasteiger partial charge in [-0.25, -0.2) is 8.42 Å². The molecule has 0 amide bonds. The molecule has 2 rings (SSSR count). The van der Waals surface area contributed by atoms with Gasteiger partial charge in [0.05, 0.1) is 16.2 Å². The van der Waals surface area contributed by atoms with E-state index in [0.717, 1.165) is 0 Å². The minimum absolute atomic E-state index is 0.262. The molecule has 21 heavy (non-hydrogen) atoms. The van der Waals surface area contributed by atoms with Crippen molar-refractivity contribution in [1.29, 1.82) is 0 Å². The van der Waals surface area contributed by atoms with Gasteiger partial charge in [-0.3, -0.25) is 0 Å². The summed E-state index contributed by atoms with van der Waals surface area (Å²) in [6, 6.07) is 17.3. The molecule has 4 heteroatoms. The van der Waals surface area contributed by atoms with Gasteiger partial charge in [0.1, 0.15) is 0 Å². The van der Waals surface area contributed by atoms with Crippen LogP contribution in [0.4, 0.5) is 0 Å². The molecule has 0 aliphatic carbocycles. The van der Waals surface area contributed by atoms with Crippen molar-refractivity contribution in [2.75, 3.05) is 0 Å². The molecular weight excluding hydrogens is 284 g/mol. The minimum atomic E-state index is -3.56. The van der Waals surface area contributed by atoms with Crippen LogP contribution in [0.1, 0.15) is 31.4 Å². The van der Waals surface area contributed by atoms with Crippen molar-refractivity contribution in [3.63, 3.8) is 0 Å². The predicted molar refractivity (Wildman–Crippen MR) is 83.7 cm³/mol. The molecule has 0 bridgehead atoms. The van der Waals surface area contributed by atoms with Crippen molar-refractivity contribution in [3.05, 3.63) is 66.2 Å². The zero-order chi connectivity index (χ0) is 15.3. The number of hydrogen-bond donors (Lipinski definition) is 1. The van der Waals surface area contributed by atoms with Gasteiger partial charge in [0.15, 0.2) is 9.84 Å². The van der Waals surface area contributed by atoms with Crippen molar-refractivity contribution in [2.24, 2.45) is 0 Å². The Morgan fingerprint density at radius 3 is 2.00 bits per heavy atom. The number of benzene rings is 2. The Morgan fingerprint density at radius 2 is 1.48 bits per heavy atom. The maximum Gasteiger partial charge on any atom is 0.184 e.